The van der Waals surface area contributed by atoms with E-state index in [0.717, 1.165) is 25.4 Å². The Hall–Kier alpha value is -0.380. The van der Waals surface area contributed by atoms with Crippen LogP contribution in [0.4, 0.5) is 0 Å². The zero-order valence-corrected chi connectivity index (χ0v) is 15.1. The molecule has 1 heterocycles. The van der Waals surface area contributed by atoms with Crippen LogP contribution < -0.4 is 10.0 Å². The van der Waals surface area contributed by atoms with Crippen LogP contribution >= 0.6 is 24.0 Å². The number of halogens is 2. The molecule has 22 heavy (non-hydrogen) atoms. The maximum atomic E-state index is 12.4. The van der Waals surface area contributed by atoms with Crippen LogP contribution in [0.3, 0.4) is 0 Å². The van der Waals surface area contributed by atoms with Crippen molar-refractivity contribution in [2.75, 3.05) is 19.3 Å². The SMILES string of the molecule is CS(=O)(=O)c1ccc(Cl)c(S(=O)(=O)NC2CCNCC2)c1.Cl. The van der Waals surface area contributed by atoms with Gasteiger partial charge in [0.2, 0.25) is 10.0 Å². The Balaban J connectivity index is 0.00000242. The van der Waals surface area contributed by atoms with Crippen molar-refractivity contribution in [3.05, 3.63) is 23.2 Å². The summed E-state index contributed by atoms with van der Waals surface area (Å²) in [4.78, 5) is -0.275. The molecule has 2 N–H and O–H groups in total. The fraction of sp³-hybridized carbons (Fsp3) is 0.500. The number of sulfone groups is 1. The molecule has 1 fully saturated rings. The molecule has 0 aliphatic carbocycles. The van der Waals surface area contributed by atoms with Crippen LogP contribution in [0.5, 0.6) is 0 Å². The number of sulfonamides is 1. The molecule has 1 aromatic carbocycles. The van der Waals surface area contributed by atoms with E-state index in [1.54, 1.807) is 0 Å². The van der Waals surface area contributed by atoms with Gasteiger partial charge in [-0.05, 0) is 44.1 Å². The van der Waals surface area contributed by atoms with Crippen molar-refractivity contribution < 1.29 is 16.8 Å². The number of piperidine rings is 1. The Morgan fingerprint density at radius 2 is 1.77 bits per heavy atom. The fourth-order valence-corrected chi connectivity index (χ4v) is 4.70. The van der Waals surface area contributed by atoms with Gasteiger partial charge in [-0.15, -0.1) is 12.4 Å². The van der Waals surface area contributed by atoms with Crippen LogP contribution in [0.25, 0.3) is 0 Å². The summed E-state index contributed by atoms with van der Waals surface area (Å²) in [5.74, 6) is 0. The van der Waals surface area contributed by atoms with E-state index in [2.05, 4.69) is 10.0 Å². The topological polar surface area (TPSA) is 92.3 Å². The summed E-state index contributed by atoms with van der Waals surface area (Å²) in [5, 5.41) is 3.14. The molecule has 0 atom stereocenters. The quantitative estimate of drug-likeness (QED) is 0.807. The molecule has 0 spiro atoms. The molecule has 1 aliphatic heterocycles. The molecule has 0 unspecified atom stereocenters. The second-order valence-corrected chi connectivity index (χ2v) is 9.12. The van der Waals surface area contributed by atoms with Gasteiger partial charge in [0.05, 0.1) is 9.92 Å². The van der Waals surface area contributed by atoms with E-state index < -0.39 is 19.9 Å². The second-order valence-electron chi connectivity index (χ2n) is 5.01. The summed E-state index contributed by atoms with van der Waals surface area (Å²) in [6.45, 7) is 1.48. The summed E-state index contributed by atoms with van der Waals surface area (Å²) in [6, 6.07) is 3.51. The average Bonchev–Trinajstić information content (AvgIpc) is 2.38. The smallest absolute Gasteiger partial charge is 0.242 e. The highest BCUT2D eigenvalue weighted by Crippen LogP contribution is 2.25. The molecular weight excluding hydrogens is 371 g/mol. The van der Waals surface area contributed by atoms with Gasteiger partial charge in [-0.25, -0.2) is 21.6 Å². The minimum Gasteiger partial charge on any atom is -0.317 e. The summed E-state index contributed by atoms with van der Waals surface area (Å²) in [6.07, 6.45) is 2.39. The lowest BCUT2D eigenvalue weighted by Crippen LogP contribution is -2.42. The Bertz CT molecular complexity index is 729. The monoisotopic (exact) mass is 388 g/mol. The van der Waals surface area contributed by atoms with E-state index in [1.807, 2.05) is 0 Å². The predicted molar refractivity (Wildman–Crippen MR) is 88.0 cm³/mol. The third-order valence-electron chi connectivity index (χ3n) is 3.28. The first-order valence-electron chi connectivity index (χ1n) is 6.43. The Morgan fingerprint density at radius 3 is 2.32 bits per heavy atom. The molecule has 1 aromatic rings. The van der Waals surface area contributed by atoms with Gasteiger partial charge < -0.3 is 5.32 Å². The summed E-state index contributed by atoms with van der Waals surface area (Å²) < 4.78 is 50.5. The molecule has 1 aliphatic rings. The van der Waals surface area contributed by atoms with Gasteiger partial charge in [0.25, 0.3) is 0 Å². The predicted octanol–water partition coefficient (Wildman–Crippen LogP) is 1.20. The maximum absolute atomic E-state index is 12.4. The van der Waals surface area contributed by atoms with Crippen LogP contribution in [0.1, 0.15) is 12.8 Å². The van der Waals surface area contributed by atoms with Crippen LogP contribution in [-0.2, 0) is 19.9 Å². The molecule has 1 saturated heterocycles. The Morgan fingerprint density at radius 1 is 1.18 bits per heavy atom. The second kappa shape index (κ2) is 7.46. The number of hydrogen-bond acceptors (Lipinski definition) is 5. The lowest BCUT2D eigenvalue weighted by molar-refractivity contribution is 0.427. The number of nitrogens with one attached hydrogen (secondary N) is 2. The van der Waals surface area contributed by atoms with Gasteiger partial charge in [-0.2, -0.15) is 0 Å². The van der Waals surface area contributed by atoms with Crippen LogP contribution in [0.2, 0.25) is 5.02 Å². The minimum atomic E-state index is -3.85. The maximum Gasteiger partial charge on any atom is 0.242 e. The molecule has 0 amide bonds. The average molecular weight is 389 g/mol. The largest absolute Gasteiger partial charge is 0.317 e. The highest BCUT2D eigenvalue weighted by atomic mass is 35.5. The van der Waals surface area contributed by atoms with Crippen molar-refractivity contribution in [2.45, 2.75) is 28.7 Å². The molecule has 0 radical (unpaired) electrons. The molecule has 0 aromatic heterocycles. The van der Waals surface area contributed by atoms with E-state index >= 15 is 0 Å². The summed E-state index contributed by atoms with van der Waals surface area (Å²) in [5.41, 5.74) is 0. The molecule has 126 valence electrons. The minimum absolute atomic E-state index is 0. The number of rotatable bonds is 4. The van der Waals surface area contributed by atoms with E-state index in [1.165, 1.54) is 12.1 Å². The lowest BCUT2D eigenvalue weighted by atomic mass is 10.1. The van der Waals surface area contributed by atoms with Gasteiger partial charge in [-0.1, -0.05) is 11.6 Å². The number of hydrogen-bond donors (Lipinski definition) is 2. The van der Waals surface area contributed by atoms with Gasteiger partial charge in [-0.3, -0.25) is 0 Å². The van der Waals surface area contributed by atoms with Crippen molar-refractivity contribution >= 4 is 43.9 Å². The van der Waals surface area contributed by atoms with Crippen LogP contribution in [0.15, 0.2) is 28.0 Å². The lowest BCUT2D eigenvalue weighted by Gasteiger charge is -2.23. The van der Waals surface area contributed by atoms with Crippen molar-refractivity contribution in [1.29, 1.82) is 0 Å². The molecular formula is C12H18Cl2N2O4S2. The molecule has 0 bridgehead atoms. The first-order chi connectivity index (χ1) is 9.70. The standard InChI is InChI=1S/C12H17ClN2O4S2.ClH/c1-20(16,17)10-2-3-11(13)12(8-10)21(18,19)15-9-4-6-14-7-5-9;/h2-3,8-9,14-15H,4-7H2,1H3;1H. The van der Waals surface area contributed by atoms with E-state index in [9.17, 15) is 16.8 Å². The van der Waals surface area contributed by atoms with Crippen LogP contribution in [-0.4, -0.2) is 42.2 Å². The zero-order chi connectivity index (χ0) is 15.7. The van der Waals surface area contributed by atoms with Crippen molar-refractivity contribution in [3.63, 3.8) is 0 Å². The summed E-state index contributed by atoms with van der Waals surface area (Å²) >= 11 is 5.92. The zero-order valence-electron chi connectivity index (χ0n) is 11.9. The van der Waals surface area contributed by atoms with Gasteiger partial charge >= 0.3 is 0 Å². The number of benzene rings is 1. The molecule has 2 rings (SSSR count). The van der Waals surface area contributed by atoms with Gasteiger partial charge in [0, 0.05) is 12.3 Å². The Kier molecular flexibility index (Phi) is 6.67. The normalized spacial score (nSPS) is 17.0. The van der Waals surface area contributed by atoms with Crippen molar-refractivity contribution in [1.82, 2.24) is 10.0 Å². The fourth-order valence-electron chi connectivity index (χ4n) is 2.14. The van der Waals surface area contributed by atoms with Gasteiger partial charge in [0.1, 0.15) is 4.90 Å². The van der Waals surface area contributed by atoms with Crippen LogP contribution in [0, 0.1) is 0 Å². The van der Waals surface area contributed by atoms with E-state index in [4.69, 9.17) is 11.6 Å². The molecule has 0 saturated carbocycles. The highest BCUT2D eigenvalue weighted by Gasteiger charge is 2.25. The Labute approximate surface area is 142 Å². The van der Waals surface area contributed by atoms with Crippen molar-refractivity contribution in [2.24, 2.45) is 0 Å². The first-order valence-corrected chi connectivity index (χ1v) is 10.2. The third-order valence-corrected chi connectivity index (χ3v) is 6.39. The summed E-state index contributed by atoms with van der Waals surface area (Å²) in [7, 11) is -7.34. The van der Waals surface area contributed by atoms with Crippen molar-refractivity contribution in [3.8, 4) is 0 Å². The van der Waals surface area contributed by atoms with E-state index in [0.29, 0.717) is 12.8 Å². The highest BCUT2D eigenvalue weighted by molar-refractivity contribution is 7.91. The first kappa shape index (κ1) is 19.7. The third kappa shape index (κ3) is 4.81. The molecule has 10 heteroatoms. The van der Waals surface area contributed by atoms with Gasteiger partial charge in [0.15, 0.2) is 9.84 Å². The van der Waals surface area contributed by atoms with E-state index in [-0.39, 0.29) is 33.3 Å². The molecule has 6 nitrogen and oxygen atoms in total.